The second kappa shape index (κ2) is 4.49. The zero-order chi connectivity index (χ0) is 12.5. The lowest BCUT2D eigenvalue weighted by molar-refractivity contribution is -0.132. The van der Waals surface area contributed by atoms with Gasteiger partial charge in [0.15, 0.2) is 11.6 Å². The van der Waals surface area contributed by atoms with E-state index >= 15 is 0 Å². The molecular formula is C10H8BrFN2O2. The minimum atomic E-state index is -0.788. The summed E-state index contributed by atoms with van der Waals surface area (Å²) in [5.74, 6) is -1.91. The highest BCUT2D eigenvalue weighted by molar-refractivity contribution is 9.10. The maximum Gasteiger partial charge on any atom is 0.308 e. The average molecular weight is 287 g/mol. The second-order valence-corrected chi connectivity index (χ2v) is 3.87. The highest BCUT2D eigenvalue weighted by Crippen LogP contribution is 2.37. The van der Waals surface area contributed by atoms with Crippen LogP contribution in [0, 0.1) is 24.1 Å². The third-order valence-electron chi connectivity index (χ3n) is 1.97. The first-order valence-electron chi connectivity index (χ1n) is 4.25. The number of rotatable bonds is 1. The first-order chi connectivity index (χ1) is 7.40. The number of hydrogen-bond acceptors (Lipinski definition) is 4. The van der Waals surface area contributed by atoms with Gasteiger partial charge in [-0.2, -0.15) is 5.26 Å². The Morgan fingerprint density at radius 3 is 2.62 bits per heavy atom. The number of nitrogens with zero attached hydrogens (tertiary/aromatic N) is 1. The molecule has 0 spiro atoms. The van der Waals surface area contributed by atoms with Crippen LogP contribution in [0.2, 0.25) is 0 Å². The Bertz CT molecular complexity index is 509. The summed E-state index contributed by atoms with van der Waals surface area (Å²) < 4.78 is 18.4. The Balaban J connectivity index is 3.56. The molecule has 0 fully saturated rings. The minimum Gasteiger partial charge on any atom is -0.421 e. The number of nitrogen functional groups attached to an aromatic ring is 1. The van der Waals surface area contributed by atoms with Crippen molar-refractivity contribution in [2.75, 3.05) is 5.73 Å². The van der Waals surface area contributed by atoms with Crippen LogP contribution in [0.1, 0.15) is 18.1 Å². The largest absolute Gasteiger partial charge is 0.421 e. The van der Waals surface area contributed by atoms with Crippen molar-refractivity contribution in [2.24, 2.45) is 0 Å². The zero-order valence-corrected chi connectivity index (χ0v) is 10.2. The van der Waals surface area contributed by atoms with Crippen molar-refractivity contribution >= 4 is 27.6 Å². The number of nitriles is 1. The number of esters is 1. The van der Waals surface area contributed by atoms with E-state index < -0.39 is 17.5 Å². The summed E-state index contributed by atoms with van der Waals surface area (Å²) >= 11 is 2.97. The summed E-state index contributed by atoms with van der Waals surface area (Å²) in [6.45, 7) is 2.66. The summed E-state index contributed by atoms with van der Waals surface area (Å²) in [6, 6.07) is 1.83. The molecule has 1 aromatic carbocycles. The summed E-state index contributed by atoms with van der Waals surface area (Å²) in [5.41, 5.74) is 5.84. The van der Waals surface area contributed by atoms with Crippen LogP contribution in [0.5, 0.6) is 5.75 Å². The topological polar surface area (TPSA) is 76.1 Å². The van der Waals surface area contributed by atoms with Gasteiger partial charge in [0.05, 0.1) is 15.7 Å². The van der Waals surface area contributed by atoms with Crippen molar-refractivity contribution in [3.63, 3.8) is 0 Å². The Labute approximate surface area is 99.9 Å². The van der Waals surface area contributed by atoms with Crippen LogP contribution in [0.4, 0.5) is 10.1 Å². The molecule has 0 radical (unpaired) electrons. The molecule has 0 saturated heterocycles. The van der Waals surface area contributed by atoms with Gasteiger partial charge < -0.3 is 10.5 Å². The molecule has 0 bridgehead atoms. The van der Waals surface area contributed by atoms with E-state index in [1.807, 2.05) is 6.07 Å². The van der Waals surface area contributed by atoms with Crippen molar-refractivity contribution < 1.29 is 13.9 Å². The number of ether oxygens (including phenoxy) is 1. The van der Waals surface area contributed by atoms with Crippen LogP contribution >= 0.6 is 15.9 Å². The van der Waals surface area contributed by atoms with Crippen LogP contribution in [-0.2, 0) is 4.79 Å². The standard InChI is InChI=1S/C10H8BrFN2O2/c1-4-6(3-13)9(14)10(16-5(2)15)8(12)7(4)11/h14H2,1-2H3. The molecule has 0 unspecified atom stereocenters. The average Bonchev–Trinajstić information content (AvgIpc) is 2.22. The second-order valence-electron chi connectivity index (χ2n) is 3.08. The molecule has 0 aliphatic heterocycles. The summed E-state index contributed by atoms with van der Waals surface area (Å²) in [6.07, 6.45) is 0. The molecule has 84 valence electrons. The van der Waals surface area contributed by atoms with Crippen LogP contribution in [0.15, 0.2) is 4.47 Å². The molecule has 0 atom stereocenters. The van der Waals surface area contributed by atoms with Crippen LogP contribution in [-0.4, -0.2) is 5.97 Å². The summed E-state index contributed by atoms with van der Waals surface area (Å²) in [5, 5.41) is 8.86. The molecule has 6 heteroatoms. The zero-order valence-electron chi connectivity index (χ0n) is 8.60. The molecule has 2 N–H and O–H groups in total. The van der Waals surface area contributed by atoms with Crippen molar-refractivity contribution in [1.29, 1.82) is 5.26 Å². The van der Waals surface area contributed by atoms with Crippen molar-refractivity contribution in [3.8, 4) is 11.8 Å². The van der Waals surface area contributed by atoms with Crippen LogP contribution < -0.4 is 10.5 Å². The quantitative estimate of drug-likeness (QED) is 0.488. The Hall–Kier alpha value is -1.61. The van der Waals surface area contributed by atoms with E-state index in [1.165, 1.54) is 0 Å². The van der Waals surface area contributed by atoms with Crippen molar-refractivity contribution in [3.05, 3.63) is 21.4 Å². The van der Waals surface area contributed by atoms with E-state index in [1.54, 1.807) is 6.92 Å². The molecule has 1 rings (SSSR count). The summed E-state index contributed by atoms with van der Waals surface area (Å²) in [7, 11) is 0. The Kier molecular flexibility index (Phi) is 3.50. The highest BCUT2D eigenvalue weighted by Gasteiger charge is 2.21. The summed E-state index contributed by atoms with van der Waals surface area (Å²) in [4.78, 5) is 10.8. The molecule has 0 aliphatic rings. The first kappa shape index (κ1) is 12.5. The van der Waals surface area contributed by atoms with Gasteiger partial charge in [0, 0.05) is 6.92 Å². The normalized spacial score (nSPS) is 9.69. The molecular weight excluding hydrogens is 279 g/mol. The van der Waals surface area contributed by atoms with Crippen LogP contribution in [0.25, 0.3) is 0 Å². The predicted molar refractivity (Wildman–Crippen MR) is 59.3 cm³/mol. The lowest BCUT2D eigenvalue weighted by Crippen LogP contribution is -2.09. The van der Waals surface area contributed by atoms with Gasteiger partial charge in [-0.05, 0) is 28.4 Å². The van der Waals surface area contributed by atoms with E-state index in [0.29, 0.717) is 5.56 Å². The fraction of sp³-hybridized carbons (Fsp3) is 0.200. The Morgan fingerprint density at radius 2 is 2.19 bits per heavy atom. The van der Waals surface area contributed by atoms with Gasteiger partial charge in [0.1, 0.15) is 6.07 Å². The predicted octanol–water partition coefficient (Wildman–Crippen LogP) is 2.28. The molecule has 0 saturated carbocycles. The third-order valence-corrected chi connectivity index (χ3v) is 2.91. The smallest absolute Gasteiger partial charge is 0.308 e. The van der Waals surface area contributed by atoms with Gasteiger partial charge >= 0.3 is 5.97 Å². The number of hydrogen-bond donors (Lipinski definition) is 1. The van der Waals surface area contributed by atoms with Crippen molar-refractivity contribution in [2.45, 2.75) is 13.8 Å². The number of nitrogens with two attached hydrogens (primary N) is 1. The van der Waals surface area contributed by atoms with Gasteiger partial charge in [-0.15, -0.1) is 0 Å². The molecule has 0 aromatic heterocycles. The van der Waals surface area contributed by atoms with Gasteiger partial charge in [0.25, 0.3) is 0 Å². The van der Waals surface area contributed by atoms with Gasteiger partial charge in [-0.1, -0.05) is 0 Å². The monoisotopic (exact) mass is 286 g/mol. The third kappa shape index (κ3) is 1.99. The number of anilines is 1. The fourth-order valence-electron chi connectivity index (χ4n) is 1.20. The van der Waals surface area contributed by atoms with E-state index in [-0.39, 0.29) is 15.7 Å². The van der Waals surface area contributed by atoms with Crippen LogP contribution in [0.3, 0.4) is 0 Å². The Morgan fingerprint density at radius 1 is 1.62 bits per heavy atom. The van der Waals surface area contributed by atoms with E-state index in [0.717, 1.165) is 6.92 Å². The molecule has 1 aromatic rings. The lowest BCUT2D eigenvalue weighted by Gasteiger charge is -2.12. The molecule has 0 heterocycles. The van der Waals surface area contributed by atoms with Crippen molar-refractivity contribution in [1.82, 2.24) is 0 Å². The molecule has 0 aliphatic carbocycles. The number of halogens is 2. The van der Waals surface area contributed by atoms with Gasteiger partial charge in [-0.25, -0.2) is 4.39 Å². The SMILES string of the molecule is CC(=O)Oc1c(N)c(C#N)c(C)c(Br)c1F. The van der Waals surface area contributed by atoms with Gasteiger partial charge in [0.2, 0.25) is 0 Å². The molecule has 16 heavy (non-hydrogen) atoms. The number of carbonyl (C=O) groups excluding carboxylic acids is 1. The maximum absolute atomic E-state index is 13.7. The van der Waals surface area contributed by atoms with E-state index in [9.17, 15) is 9.18 Å². The minimum absolute atomic E-state index is 0.0644. The fourth-order valence-corrected chi connectivity index (χ4v) is 1.57. The van der Waals surface area contributed by atoms with E-state index in [2.05, 4.69) is 20.7 Å². The maximum atomic E-state index is 13.7. The highest BCUT2D eigenvalue weighted by atomic mass is 79.9. The number of carbonyl (C=O) groups is 1. The molecule has 4 nitrogen and oxygen atoms in total. The first-order valence-corrected chi connectivity index (χ1v) is 5.05. The lowest BCUT2D eigenvalue weighted by atomic mass is 10.1. The molecule has 0 amide bonds. The number of benzene rings is 1. The van der Waals surface area contributed by atoms with E-state index in [4.69, 9.17) is 11.0 Å². The van der Waals surface area contributed by atoms with Gasteiger partial charge in [-0.3, -0.25) is 4.79 Å².